The third kappa shape index (κ3) is 2.63. The van der Waals surface area contributed by atoms with Crippen LogP contribution in [-0.2, 0) is 17.7 Å². The minimum Gasteiger partial charge on any atom is -0.378 e. The summed E-state index contributed by atoms with van der Waals surface area (Å²) in [7, 11) is 2.21. The van der Waals surface area contributed by atoms with Crippen LogP contribution in [0.3, 0.4) is 0 Å². The molecular weight excluding hydrogens is 347 g/mol. The second-order valence-electron chi connectivity index (χ2n) is 7.76. The summed E-state index contributed by atoms with van der Waals surface area (Å²) in [6.45, 7) is 5.39. The van der Waals surface area contributed by atoms with Crippen molar-refractivity contribution in [1.82, 2.24) is 9.88 Å². The zero-order valence-electron chi connectivity index (χ0n) is 15.8. The molecule has 0 spiro atoms. The molecule has 0 aliphatic carbocycles. The van der Waals surface area contributed by atoms with E-state index < -0.39 is 0 Å². The number of hydrogen-bond donors (Lipinski definition) is 1. The van der Waals surface area contributed by atoms with E-state index in [1.54, 1.807) is 0 Å². The molecule has 0 saturated carbocycles. The summed E-state index contributed by atoms with van der Waals surface area (Å²) in [5.41, 5.74) is 8.71. The number of hydrogen-bond acceptors (Lipinski definition) is 4. The lowest BCUT2D eigenvalue weighted by Crippen LogP contribution is -2.43. The molecule has 1 saturated heterocycles. The van der Waals surface area contributed by atoms with Crippen LogP contribution in [0.5, 0.6) is 0 Å². The molecule has 6 heteroatoms. The van der Waals surface area contributed by atoms with Gasteiger partial charge in [-0.15, -0.1) is 0 Å². The predicted octanol–water partition coefficient (Wildman–Crippen LogP) is 2.39. The van der Waals surface area contributed by atoms with Gasteiger partial charge in [0.25, 0.3) is 0 Å². The van der Waals surface area contributed by atoms with Gasteiger partial charge in [-0.2, -0.15) is 0 Å². The van der Waals surface area contributed by atoms with E-state index in [1.807, 2.05) is 0 Å². The summed E-state index contributed by atoms with van der Waals surface area (Å²) in [6.07, 6.45) is 1.05. The van der Waals surface area contributed by atoms with Crippen molar-refractivity contribution in [2.75, 3.05) is 37.7 Å². The molecule has 1 N–H and O–H groups in total. The van der Waals surface area contributed by atoms with Gasteiger partial charge in [0.05, 0.1) is 24.6 Å². The van der Waals surface area contributed by atoms with Gasteiger partial charge in [0.2, 0.25) is 7.28 Å². The van der Waals surface area contributed by atoms with Gasteiger partial charge in [0.1, 0.15) is 0 Å². The first-order chi connectivity index (χ1) is 13.8. The second-order valence-corrected chi connectivity index (χ2v) is 7.76. The average molecular weight is 369 g/mol. The lowest BCUT2D eigenvalue weighted by molar-refractivity contribution is 0.0692. The normalized spacial score (nSPS) is 18.6. The van der Waals surface area contributed by atoms with E-state index in [0.717, 1.165) is 57.2 Å². The molecule has 4 heterocycles. The number of fused-ring (bicyclic) bond motifs is 4. The quantitative estimate of drug-likeness (QED) is 0.670. The molecule has 1 radical (unpaired) electrons. The molecule has 1 aromatic heterocycles. The van der Waals surface area contributed by atoms with E-state index in [2.05, 4.69) is 64.5 Å². The lowest BCUT2D eigenvalue weighted by Gasteiger charge is -2.29. The summed E-state index contributed by atoms with van der Waals surface area (Å²) >= 11 is 0. The van der Waals surface area contributed by atoms with Gasteiger partial charge >= 0.3 is 0 Å². The average Bonchev–Trinajstić information content (AvgIpc) is 3.34. The Morgan fingerprint density at radius 1 is 1.00 bits per heavy atom. The number of nitrogens with one attached hydrogen (secondary N) is 1. The van der Waals surface area contributed by atoms with Gasteiger partial charge in [-0.25, -0.2) is 4.99 Å². The summed E-state index contributed by atoms with van der Waals surface area (Å²) < 4.78 is 5.47. The molecule has 139 valence electrons. The second kappa shape index (κ2) is 6.42. The summed E-state index contributed by atoms with van der Waals surface area (Å²) in [4.78, 5) is 13.3. The first-order valence-electron chi connectivity index (χ1n) is 10.1. The molecule has 6 rings (SSSR count). The highest BCUT2D eigenvalue weighted by atomic mass is 16.5. The highest BCUT2D eigenvalue weighted by molar-refractivity contribution is 6.87. The van der Waals surface area contributed by atoms with E-state index in [1.165, 1.54) is 33.3 Å². The molecule has 5 nitrogen and oxygen atoms in total. The minimum absolute atomic E-state index is 0.787. The maximum atomic E-state index is 5.47. The summed E-state index contributed by atoms with van der Waals surface area (Å²) in [6, 6.07) is 15.3. The molecule has 0 bridgehead atoms. The monoisotopic (exact) mass is 369 g/mol. The molecule has 0 unspecified atom stereocenters. The Morgan fingerprint density at radius 2 is 1.89 bits per heavy atom. The number of aromatic nitrogens is 1. The zero-order chi connectivity index (χ0) is 18.5. The van der Waals surface area contributed by atoms with Crippen molar-refractivity contribution >= 4 is 40.8 Å². The Balaban J connectivity index is 1.28. The van der Waals surface area contributed by atoms with Gasteiger partial charge in [-0.05, 0) is 18.2 Å². The number of rotatable bonds is 1. The number of ether oxygens (including phenoxy) is 1. The Labute approximate surface area is 165 Å². The van der Waals surface area contributed by atoms with Crippen LogP contribution in [0.15, 0.2) is 47.5 Å². The van der Waals surface area contributed by atoms with Crippen LogP contribution in [0.2, 0.25) is 0 Å². The molecular formula is C22H22BN4O. The van der Waals surface area contributed by atoms with Crippen molar-refractivity contribution in [3.63, 3.8) is 0 Å². The Morgan fingerprint density at radius 3 is 2.82 bits per heavy atom. The molecule has 3 aliphatic rings. The van der Waals surface area contributed by atoms with Crippen molar-refractivity contribution in [3.8, 4) is 0 Å². The van der Waals surface area contributed by atoms with Gasteiger partial charge in [-0.3, -0.25) is 0 Å². The molecule has 2 aromatic carbocycles. The van der Waals surface area contributed by atoms with E-state index in [4.69, 9.17) is 9.73 Å². The van der Waals surface area contributed by atoms with Gasteiger partial charge < -0.3 is 19.5 Å². The van der Waals surface area contributed by atoms with Crippen LogP contribution < -0.4 is 10.4 Å². The van der Waals surface area contributed by atoms with Gasteiger partial charge in [0.15, 0.2) is 0 Å². The highest BCUT2D eigenvalue weighted by Crippen LogP contribution is 2.31. The fourth-order valence-electron chi connectivity index (χ4n) is 4.58. The maximum absolute atomic E-state index is 5.47. The van der Waals surface area contributed by atoms with Crippen molar-refractivity contribution in [2.45, 2.75) is 13.0 Å². The largest absolute Gasteiger partial charge is 0.378 e. The van der Waals surface area contributed by atoms with Gasteiger partial charge in [0, 0.05) is 60.4 Å². The lowest BCUT2D eigenvalue weighted by atomic mass is 9.69. The van der Waals surface area contributed by atoms with Crippen molar-refractivity contribution in [1.29, 1.82) is 0 Å². The predicted molar refractivity (Wildman–Crippen MR) is 114 cm³/mol. The Hall–Kier alpha value is -2.73. The fourth-order valence-corrected chi connectivity index (χ4v) is 4.58. The number of benzene rings is 2. The standard InChI is InChI=1S/C22H22BN4O/c1-2-4-19-16(3-1)17-14-27(8-7-20(17)24-19)15-5-6-18-21(13-15)25-22(23-18)26-9-11-28-12-10-26/h1-6,13,24H,7-12,14H2. The number of anilines is 1. The Kier molecular flexibility index (Phi) is 3.72. The SMILES string of the molecule is [B]1C(N2CCOCC2)=Nc2cc(N3CCc4[nH]c5ccccc5c4C3)ccc21. The topological polar surface area (TPSA) is 43.9 Å². The van der Waals surface area contributed by atoms with Crippen LogP contribution in [0.4, 0.5) is 11.4 Å². The first-order valence-corrected chi connectivity index (χ1v) is 10.1. The fraction of sp³-hybridized carbons (Fsp3) is 0.318. The number of para-hydroxylation sites is 1. The van der Waals surface area contributed by atoms with Crippen LogP contribution >= 0.6 is 0 Å². The van der Waals surface area contributed by atoms with E-state index in [9.17, 15) is 0 Å². The summed E-state index contributed by atoms with van der Waals surface area (Å²) in [5.74, 6) is 0. The number of amidine groups is 1. The molecule has 0 atom stereocenters. The van der Waals surface area contributed by atoms with E-state index >= 15 is 0 Å². The molecule has 3 aliphatic heterocycles. The molecule has 28 heavy (non-hydrogen) atoms. The smallest absolute Gasteiger partial charge is 0.243 e. The highest BCUT2D eigenvalue weighted by Gasteiger charge is 2.25. The minimum atomic E-state index is 0.787. The number of morpholine rings is 1. The number of aromatic amines is 1. The zero-order valence-corrected chi connectivity index (χ0v) is 15.8. The molecule has 3 aromatic rings. The van der Waals surface area contributed by atoms with Crippen LogP contribution in [0, 0.1) is 0 Å². The van der Waals surface area contributed by atoms with Crippen LogP contribution in [0.25, 0.3) is 10.9 Å². The summed E-state index contributed by atoms with van der Waals surface area (Å²) in [5, 5.41) is 1.35. The molecule has 1 fully saturated rings. The third-order valence-electron chi connectivity index (χ3n) is 6.12. The van der Waals surface area contributed by atoms with Crippen molar-refractivity contribution in [2.24, 2.45) is 4.99 Å². The number of aliphatic imine (C=N–C) groups is 1. The van der Waals surface area contributed by atoms with Gasteiger partial charge in [-0.1, -0.05) is 29.7 Å². The Bertz CT molecular complexity index is 1080. The first kappa shape index (κ1) is 16.2. The number of H-pyrrole nitrogens is 1. The number of nitrogens with zero attached hydrogens (tertiary/aromatic N) is 3. The van der Waals surface area contributed by atoms with E-state index in [-0.39, 0.29) is 0 Å². The van der Waals surface area contributed by atoms with Crippen molar-refractivity contribution < 1.29 is 4.74 Å². The van der Waals surface area contributed by atoms with Crippen LogP contribution in [0.1, 0.15) is 11.3 Å². The van der Waals surface area contributed by atoms with Crippen LogP contribution in [-0.4, -0.2) is 55.7 Å². The molecule has 0 amide bonds. The third-order valence-corrected chi connectivity index (χ3v) is 6.12. The maximum Gasteiger partial charge on any atom is 0.243 e. The van der Waals surface area contributed by atoms with Crippen molar-refractivity contribution in [3.05, 3.63) is 53.7 Å². The van der Waals surface area contributed by atoms with E-state index in [0.29, 0.717) is 0 Å².